The van der Waals surface area contributed by atoms with Crippen molar-refractivity contribution in [3.63, 3.8) is 0 Å². The van der Waals surface area contributed by atoms with Gasteiger partial charge in [0.05, 0.1) is 19.3 Å². The topological polar surface area (TPSA) is 42.1 Å². The van der Waals surface area contributed by atoms with Crippen molar-refractivity contribution in [1.82, 2.24) is 4.90 Å². The number of hydrogen-bond donors (Lipinski definition) is 0. The molecule has 0 aliphatic carbocycles. The van der Waals surface area contributed by atoms with Crippen molar-refractivity contribution in [2.24, 2.45) is 0 Å². The fourth-order valence-corrected chi connectivity index (χ4v) is 1.38. The van der Waals surface area contributed by atoms with Gasteiger partial charge in [-0.2, -0.15) is 0 Å². The number of ether oxygens (including phenoxy) is 2. The van der Waals surface area contributed by atoms with E-state index in [1.165, 1.54) is 0 Å². The van der Waals surface area contributed by atoms with E-state index in [2.05, 4.69) is 0 Å². The Kier molecular flexibility index (Phi) is 3.41. The Morgan fingerprint density at radius 2 is 2.19 bits per heavy atom. The molecule has 0 aromatic heterocycles. The Morgan fingerprint density at radius 1 is 1.50 bits per heavy atom. The number of rotatable bonds is 4. The summed E-state index contributed by atoms with van der Waals surface area (Å²) in [5, 5.41) is 0. The lowest BCUT2D eigenvalue weighted by Gasteiger charge is -2.15. The summed E-state index contributed by atoms with van der Waals surface area (Å²) in [4.78, 5) is 13.1. The summed E-state index contributed by atoms with van der Waals surface area (Å²) in [6, 6.07) is 9.63. The first kappa shape index (κ1) is 11.0. The van der Waals surface area contributed by atoms with E-state index in [1.807, 2.05) is 30.3 Å². The number of carbonyl (C=O) groups is 1. The zero-order valence-electron chi connectivity index (χ0n) is 9.26. The highest BCUT2D eigenvalue weighted by Crippen LogP contribution is 2.10. The van der Waals surface area contributed by atoms with Crippen LogP contribution in [0.15, 0.2) is 30.3 Å². The molecular weight excluding hydrogens is 206 g/mol. The molecule has 0 spiro atoms. The Labute approximate surface area is 94.8 Å². The van der Waals surface area contributed by atoms with E-state index >= 15 is 0 Å². The molecule has 1 aliphatic heterocycles. The molecule has 0 bridgehead atoms. The Morgan fingerprint density at radius 3 is 2.81 bits per heavy atom. The van der Waals surface area contributed by atoms with Crippen molar-refractivity contribution >= 4 is 6.09 Å². The molecule has 0 saturated carbocycles. The Hall–Kier alpha value is -1.55. The highest BCUT2D eigenvalue weighted by Gasteiger charge is 2.26. The van der Waals surface area contributed by atoms with Gasteiger partial charge in [0.2, 0.25) is 0 Å². The molecule has 1 aromatic rings. The van der Waals surface area contributed by atoms with Gasteiger partial charge in [-0.15, -0.1) is 0 Å². The predicted molar refractivity (Wildman–Crippen MR) is 59.0 cm³/mol. The van der Waals surface area contributed by atoms with E-state index in [4.69, 9.17) is 9.47 Å². The minimum Gasteiger partial charge on any atom is -0.445 e. The van der Waals surface area contributed by atoms with Crippen molar-refractivity contribution in [2.45, 2.75) is 12.7 Å². The second-order valence-corrected chi connectivity index (χ2v) is 3.88. The van der Waals surface area contributed by atoms with Crippen LogP contribution >= 0.6 is 0 Å². The molecule has 1 aliphatic rings. The molecule has 86 valence electrons. The van der Waals surface area contributed by atoms with Gasteiger partial charge >= 0.3 is 6.09 Å². The van der Waals surface area contributed by atoms with Gasteiger partial charge in [0, 0.05) is 7.05 Å². The van der Waals surface area contributed by atoms with Crippen molar-refractivity contribution in [3.8, 4) is 0 Å². The van der Waals surface area contributed by atoms with Crippen molar-refractivity contribution in [3.05, 3.63) is 35.9 Å². The number of epoxide rings is 1. The van der Waals surface area contributed by atoms with Crippen LogP contribution in [0.25, 0.3) is 0 Å². The Bertz CT molecular complexity index is 349. The van der Waals surface area contributed by atoms with Crippen molar-refractivity contribution < 1.29 is 14.3 Å². The summed E-state index contributed by atoms with van der Waals surface area (Å²) in [6.07, 6.45) is -0.103. The molecule has 0 N–H and O–H groups in total. The quantitative estimate of drug-likeness (QED) is 0.726. The third-order valence-corrected chi connectivity index (χ3v) is 2.40. The molecule has 2 rings (SSSR count). The van der Waals surface area contributed by atoms with Gasteiger partial charge in [0.1, 0.15) is 6.61 Å². The third-order valence-electron chi connectivity index (χ3n) is 2.40. The van der Waals surface area contributed by atoms with Crippen LogP contribution in [0.5, 0.6) is 0 Å². The molecule has 4 nitrogen and oxygen atoms in total. The van der Waals surface area contributed by atoms with Crippen LogP contribution in [-0.4, -0.2) is 37.3 Å². The van der Waals surface area contributed by atoms with Crippen molar-refractivity contribution in [1.29, 1.82) is 0 Å². The summed E-state index contributed by atoms with van der Waals surface area (Å²) < 4.78 is 10.2. The lowest BCUT2D eigenvalue weighted by atomic mass is 10.2. The van der Waals surface area contributed by atoms with Gasteiger partial charge in [-0.05, 0) is 5.56 Å². The smallest absolute Gasteiger partial charge is 0.409 e. The molecule has 0 radical (unpaired) electrons. The maximum absolute atomic E-state index is 11.5. The number of benzene rings is 1. The number of amides is 1. The summed E-state index contributed by atoms with van der Waals surface area (Å²) in [5.74, 6) is 0. The van der Waals surface area contributed by atoms with E-state index in [9.17, 15) is 4.79 Å². The molecule has 1 amide bonds. The lowest BCUT2D eigenvalue weighted by molar-refractivity contribution is 0.102. The third kappa shape index (κ3) is 3.24. The molecule has 1 aromatic carbocycles. The molecule has 1 unspecified atom stereocenters. The van der Waals surface area contributed by atoms with Gasteiger partial charge in [0.15, 0.2) is 0 Å². The van der Waals surface area contributed by atoms with Gasteiger partial charge in [-0.1, -0.05) is 30.3 Å². The summed E-state index contributed by atoms with van der Waals surface area (Å²) in [5.41, 5.74) is 0.993. The van der Waals surface area contributed by atoms with Crippen LogP contribution in [0.3, 0.4) is 0 Å². The van der Waals surface area contributed by atoms with E-state index in [1.54, 1.807) is 11.9 Å². The van der Waals surface area contributed by atoms with E-state index in [0.717, 1.165) is 12.2 Å². The molecule has 16 heavy (non-hydrogen) atoms. The van der Waals surface area contributed by atoms with E-state index < -0.39 is 0 Å². The maximum atomic E-state index is 11.5. The minimum atomic E-state index is -0.306. The molecule has 1 saturated heterocycles. The second-order valence-electron chi connectivity index (χ2n) is 3.88. The fraction of sp³-hybridized carbons (Fsp3) is 0.417. The molecule has 4 heteroatoms. The van der Waals surface area contributed by atoms with Crippen molar-refractivity contribution in [2.75, 3.05) is 20.2 Å². The molecular formula is C12H15NO3. The predicted octanol–water partition coefficient (Wildman–Crippen LogP) is 1.65. The van der Waals surface area contributed by atoms with Gasteiger partial charge < -0.3 is 14.4 Å². The second kappa shape index (κ2) is 4.99. The first-order valence-corrected chi connectivity index (χ1v) is 5.29. The van der Waals surface area contributed by atoms with Crippen LogP contribution in [-0.2, 0) is 16.1 Å². The van der Waals surface area contributed by atoms with E-state index in [0.29, 0.717) is 13.2 Å². The van der Waals surface area contributed by atoms with Gasteiger partial charge in [-0.25, -0.2) is 4.79 Å². The largest absolute Gasteiger partial charge is 0.445 e. The van der Waals surface area contributed by atoms with Crippen LogP contribution < -0.4 is 0 Å². The van der Waals surface area contributed by atoms with Crippen LogP contribution in [0, 0.1) is 0 Å². The van der Waals surface area contributed by atoms with E-state index in [-0.39, 0.29) is 12.2 Å². The highest BCUT2D eigenvalue weighted by atomic mass is 16.6. The van der Waals surface area contributed by atoms with Crippen LogP contribution in [0.4, 0.5) is 4.79 Å². The normalized spacial score (nSPS) is 17.9. The molecule has 1 fully saturated rings. The van der Waals surface area contributed by atoms with Crippen LogP contribution in [0.1, 0.15) is 5.56 Å². The zero-order valence-corrected chi connectivity index (χ0v) is 9.26. The highest BCUT2D eigenvalue weighted by molar-refractivity contribution is 5.67. The summed E-state index contributed by atoms with van der Waals surface area (Å²) >= 11 is 0. The summed E-state index contributed by atoms with van der Waals surface area (Å²) in [7, 11) is 1.72. The van der Waals surface area contributed by atoms with Gasteiger partial charge in [-0.3, -0.25) is 0 Å². The maximum Gasteiger partial charge on any atom is 0.409 e. The first-order chi connectivity index (χ1) is 7.75. The minimum absolute atomic E-state index is 0.203. The SMILES string of the molecule is CN(CC1CO1)C(=O)OCc1ccccc1. The number of likely N-dealkylation sites (N-methyl/N-ethyl adjacent to an activating group) is 1. The summed E-state index contributed by atoms with van der Waals surface area (Å²) in [6.45, 7) is 1.67. The number of hydrogen-bond acceptors (Lipinski definition) is 3. The molecule has 1 atom stereocenters. The first-order valence-electron chi connectivity index (χ1n) is 5.29. The average molecular weight is 221 g/mol. The average Bonchev–Trinajstić information content (AvgIpc) is 3.11. The Balaban J connectivity index is 1.74. The number of nitrogens with zero attached hydrogens (tertiary/aromatic N) is 1. The lowest BCUT2D eigenvalue weighted by Crippen LogP contribution is -2.30. The molecule has 1 heterocycles. The van der Waals surface area contributed by atoms with Crippen LogP contribution in [0.2, 0.25) is 0 Å². The van der Waals surface area contributed by atoms with Gasteiger partial charge in [0.25, 0.3) is 0 Å². The number of carbonyl (C=O) groups excluding carboxylic acids is 1. The fourth-order valence-electron chi connectivity index (χ4n) is 1.38. The zero-order chi connectivity index (χ0) is 11.4. The monoisotopic (exact) mass is 221 g/mol. The standard InChI is InChI=1S/C12H15NO3/c1-13(7-11-9-15-11)12(14)16-8-10-5-3-2-4-6-10/h2-6,11H,7-9H2,1H3.